The molecule has 1 aromatic rings. The highest BCUT2D eigenvalue weighted by atomic mass is 16.5. The first-order valence-corrected chi connectivity index (χ1v) is 7.00. The minimum Gasteiger partial charge on any atom is -0.495 e. The zero-order valence-corrected chi connectivity index (χ0v) is 12.2. The maximum Gasteiger partial charge on any atom is 0.251 e. The van der Waals surface area contributed by atoms with Crippen LogP contribution in [0.4, 0.5) is 5.69 Å². The number of piperidine rings is 1. The Morgan fingerprint density at radius 2 is 2.15 bits per heavy atom. The van der Waals surface area contributed by atoms with Crippen LogP contribution in [0.2, 0.25) is 0 Å². The van der Waals surface area contributed by atoms with E-state index in [1.165, 1.54) is 0 Å². The third-order valence-electron chi connectivity index (χ3n) is 3.88. The van der Waals surface area contributed by atoms with Crippen molar-refractivity contribution in [2.75, 3.05) is 39.5 Å². The summed E-state index contributed by atoms with van der Waals surface area (Å²) in [6.07, 6.45) is 2.28. The largest absolute Gasteiger partial charge is 0.495 e. The second-order valence-electron chi connectivity index (χ2n) is 5.41. The molecule has 1 saturated heterocycles. The zero-order chi connectivity index (χ0) is 14.5. The molecule has 5 heteroatoms. The lowest BCUT2D eigenvalue weighted by Crippen LogP contribution is -2.36. The molecule has 1 aliphatic rings. The van der Waals surface area contributed by atoms with Gasteiger partial charge in [0.05, 0.1) is 12.8 Å². The molecule has 0 radical (unpaired) electrons. The van der Waals surface area contributed by atoms with E-state index in [2.05, 4.69) is 17.3 Å². The number of rotatable bonds is 4. The van der Waals surface area contributed by atoms with E-state index in [-0.39, 0.29) is 5.91 Å². The van der Waals surface area contributed by atoms with E-state index in [1.807, 2.05) is 0 Å². The molecule has 20 heavy (non-hydrogen) atoms. The number of benzene rings is 1. The summed E-state index contributed by atoms with van der Waals surface area (Å²) < 4.78 is 5.08. The summed E-state index contributed by atoms with van der Waals surface area (Å²) in [5.41, 5.74) is 6.88. The second-order valence-corrected chi connectivity index (χ2v) is 5.41. The molecular weight excluding hydrogens is 254 g/mol. The molecular formula is C15H23N3O2. The van der Waals surface area contributed by atoms with Crippen molar-refractivity contribution in [3.63, 3.8) is 0 Å². The number of hydrogen-bond donors (Lipinski definition) is 2. The van der Waals surface area contributed by atoms with E-state index >= 15 is 0 Å². The highest BCUT2D eigenvalue weighted by Crippen LogP contribution is 2.22. The molecule has 5 nitrogen and oxygen atoms in total. The lowest BCUT2D eigenvalue weighted by Gasteiger charge is -2.28. The third kappa shape index (κ3) is 3.63. The van der Waals surface area contributed by atoms with Crippen LogP contribution in [0, 0.1) is 5.92 Å². The minimum atomic E-state index is -0.0710. The average molecular weight is 277 g/mol. The highest BCUT2D eigenvalue weighted by Gasteiger charge is 2.17. The molecule has 0 unspecified atom stereocenters. The fraction of sp³-hybridized carbons (Fsp3) is 0.533. The smallest absolute Gasteiger partial charge is 0.251 e. The summed E-state index contributed by atoms with van der Waals surface area (Å²) in [5.74, 6) is 1.10. The van der Waals surface area contributed by atoms with Gasteiger partial charge in [0.2, 0.25) is 0 Å². The molecule has 0 spiro atoms. The van der Waals surface area contributed by atoms with Gasteiger partial charge in [-0.3, -0.25) is 4.79 Å². The van der Waals surface area contributed by atoms with Crippen molar-refractivity contribution < 1.29 is 9.53 Å². The molecule has 1 fully saturated rings. The van der Waals surface area contributed by atoms with Gasteiger partial charge in [0.1, 0.15) is 5.75 Å². The van der Waals surface area contributed by atoms with Gasteiger partial charge in [-0.2, -0.15) is 0 Å². The molecule has 2 rings (SSSR count). The lowest BCUT2D eigenvalue weighted by molar-refractivity contribution is 0.0939. The molecule has 0 aliphatic carbocycles. The van der Waals surface area contributed by atoms with Crippen molar-refractivity contribution in [1.29, 1.82) is 0 Å². The van der Waals surface area contributed by atoms with Crippen LogP contribution in [0.15, 0.2) is 18.2 Å². The topological polar surface area (TPSA) is 67.6 Å². The molecule has 1 aliphatic heterocycles. The van der Waals surface area contributed by atoms with Crippen molar-refractivity contribution in [1.82, 2.24) is 10.2 Å². The number of methoxy groups -OCH3 is 1. The van der Waals surface area contributed by atoms with Gasteiger partial charge in [0.15, 0.2) is 0 Å². The Labute approximate surface area is 120 Å². The van der Waals surface area contributed by atoms with Crippen LogP contribution < -0.4 is 15.8 Å². The monoisotopic (exact) mass is 277 g/mol. The van der Waals surface area contributed by atoms with E-state index in [0.29, 0.717) is 22.9 Å². The normalized spacial score (nSPS) is 16.9. The van der Waals surface area contributed by atoms with Gasteiger partial charge >= 0.3 is 0 Å². The van der Waals surface area contributed by atoms with Crippen LogP contribution in [0.5, 0.6) is 5.75 Å². The number of carbonyl (C=O) groups excluding carboxylic acids is 1. The number of likely N-dealkylation sites (tertiary alicyclic amines) is 1. The number of hydrogen-bond acceptors (Lipinski definition) is 4. The summed E-state index contributed by atoms with van der Waals surface area (Å²) in [7, 11) is 3.69. The summed E-state index contributed by atoms with van der Waals surface area (Å²) in [6, 6.07) is 5.11. The first-order valence-electron chi connectivity index (χ1n) is 7.00. The summed E-state index contributed by atoms with van der Waals surface area (Å²) in [5, 5.41) is 2.99. The molecule has 0 bridgehead atoms. The summed E-state index contributed by atoms with van der Waals surface area (Å²) >= 11 is 0. The van der Waals surface area contributed by atoms with Crippen LogP contribution in [-0.4, -0.2) is 44.6 Å². The Morgan fingerprint density at radius 3 is 2.75 bits per heavy atom. The molecule has 0 atom stereocenters. The molecule has 3 N–H and O–H groups in total. The fourth-order valence-electron chi connectivity index (χ4n) is 2.48. The van der Waals surface area contributed by atoms with E-state index < -0.39 is 0 Å². The van der Waals surface area contributed by atoms with Crippen molar-refractivity contribution in [2.24, 2.45) is 5.92 Å². The quantitative estimate of drug-likeness (QED) is 0.815. The molecule has 0 saturated carbocycles. The van der Waals surface area contributed by atoms with Crippen molar-refractivity contribution in [3.05, 3.63) is 23.8 Å². The fourth-order valence-corrected chi connectivity index (χ4v) is 2.48. The Hall–Kier alpha value is -1.75. The molecule has 110 valence electrons. The van der Waals surface area contributed by atoms with Gasteiger partial charge in [0, 0.05) is 12.1 Å². The van der Waals surface area contributed by atoms with Crippen molar-refractivity contribution in [2.45, 2.75) is 12.8 Å². The number of carbonyl (C=O) groups is 1. The molecule has 1 heterocycles. The van der Waals surface area contributed by atoms with Crippen LogP contribution in [0.1, 0.15) is 23.2 Å². The average Bonchev–Trinajstić information content (AvgIpc) is 2.46. The van der Waals surface area contributed by atoms with Gasteiger partial charge in [-0.15, -0.1) is 0 Å². The first-order chi connectivity index (χ1) is 9.60. The van der Waals surface area contributed by atoms with Crippen LogP contribution in [0.25, 0.3) is 0 Å². The minimum absolute atomic E-state index is 0.0710. The van der Waals surface area contributed by atoms with E-state index in [0.717, 1.165) is 32.5 Å². The zero-order valence-electron chi connectivity index (χ0n) is 12.2. The number of nitrogens with one attached hydrogen (secondary N) is 1. The maximum atomic E-state index is 12.1. The van der Waals surface area contributed by atoms with Crippen LogP contribution in [-0.2, 0) is 0 Å². The number of nitrogens with zero attached hydrogens (tertiary/aromatic N) is 1. The SMILES string of the molecule is COc1ccc(C(=O)NCC2CCN(C)CC2)cc1N. The number of anilines is 1. The first kappa shape index (κ1) is 14.7. The Morgan fingerprint density at radius 1 is 1.45 bits per heavy atom. The Balaban J connectivity index is 1.87. The van der Waals surface area contributed by atoms with E-state index in [9.17, 15) is 4.79 Å². The number of nitrogens with two attached hydrogens (primary N) is 1. The van der Waals surface area contributed by atoms with Crippen molar-refractivity contribution in [3.8, 4) is 5.75 Å². The number of nitrogen functional groups attached to an aromatic ring is 1. The van der Waals surface area contributed by atoms with Gasteiger partial charge in [-0.05, 0) is 57.1 Å². The van der Waals surface area contributed by atoms with Crippen molar-refractivity contribution >= 4 is 11.6 Å². The van der Waals surface area contributed by atoms with Gasteiger partial charge in [0.25, 0.3) is 5.91 Å². The Bertz CT molecular complexity index is 468. The highest BCUT2D eigenvalue weighted by molar-refractivity contribution is 5.95. The van der Waals surface area contributed by atoms with Gasteiger partial charge in [-0.1, -0.05) is 0 Å². The number of ether oxygens (including phenoxy) is 1. The maximum absolute atomic E-state index is 12.1. The molecule has 1 amide bonds. The standard InChI is InChI=1S/C15H23N3O2/c1-18-7-5-11(6-8-18)10-17-15(19)12-3-4-14(20-2)13(16)9-12/h3-4,9,11H,5-8,10,16H2,1-2H3,(H,17,19). The third-order valence-corrected chi connectivity index (χ3v) is 3.88. The molecule has 0 aromatic heterocycles. The van der Waals surface area contributed by atoms with E-state index in [4.69, 9.17) is 10.5 Å². The van der Waals surface area contributed by atoms with Gasteiger partial charge in [-0.25, -0.2) is 0 Å². The Kier molecular flexibility index (Phi) is 4.84. The van der Waals surface area contributed by atoms with Gasteiger partial charge < -0.3 is 20.7 Å². The second kappa shape index (κ2) is 6.61. The van der Waals surface area contributed by atoms with Crippen LogP contribution >= 0.6 is 0 Å². The summed E-state index contributed by atoms with van der Waals surface area (Å²) in [6.45, 7) is 2.95. The molecule has 1 aromatic carbocycles. The lowest BCUT2D eigenvalue weighted by atomic mass is 9.97. The van der Waals surface area contributed by atoms with Crippen LogP contribution in [0.3, 0.4) is 0 Å². The van der Waals surface area contributed by atoms with E-state index in [1.54, 1.807) is 25.3 Å². The predicted molar refractivity (Wildman–Crippen MR) is 80.0 cm³/mol. The summed E-state index contributed by atoms with van der Waals surface area (Å²) in [4.78, 5) is 14.4. The number of amides is 1. The predicted octanol–water partition coefficient (Wildman–Crippen LogP) is 1.35.